The molecule has 5 heteroatoms. The number of hydrogen-bond donors (Lipinski definition) is 1. The summed E-state index contributed by atoms with van der Waals surface area (Å²) >= 11 is 0. The van der Waals surface area contributed by atoms with Crippen LogP contribution in [0.5, 0.6) is 5.75 Å². The molecule has 5 nitrogen and oxygen atoms in total. The van der Waals surface area contributed by atoms with Crippen LogP contribution in [0.1, 0.15) is 61.8 Å². The average molecular weight is 420 g/mol. The Balaban J connectivity index is 1.80. The number of hydrogen-bond acceptors (Lipinski definition) is 4. The molecule has 1 aliphatic heterocycles. The molecule has 2 fully saturated rings. The summed E-state index contributed by atoms with van der Waals surface area (Å²) in [6.45, 7) is 4.63. The summed E-state index contributed by atoms with van der Waals surface area (Å²) in [5.41, 5.74) is 2.56. The van der Waals surface area contributed by atoms with Crippen LogP contribution in [0.2, 0.25) is 0 Å². The zero-order valence-electron chi connectivity index (χ0n) is 18.1. The molecule has 162 valence electrons. The summed E-state index contributed by atoms with van der Waals surface area (Å²) in [4.78, 5) is 28.0. The predicted octanol–water partition coefficient (Wildman–Crippen LogP) is 5.15. The van der Waals surface area contributed by atoms with E-state index in [4.69, 9.17) is 4.74 Å². The Bertz CT molecular complexity index is 1000. The Morgan fingerprint density at radius 1 is 1.06 bits per heavy atom. The van der Waals surface area contributed by atoms with E-state index in [9.17, 15) is 14.7 Å². The number of aliphatic hydroxyl groups excluding tert-OH is 1. The van der Waals surface area contributed by atoms with E-state index in [1.165, 1.54) is 0 Å². The number of aliphatic hydroxyl groups is 1. The Labute approximate surface area is 183 Å². The van der Waals surface area contributed by atoms with Gasteiger partial charge in [0, 0.05) is 11.6 Å². The molecule has 0 bridgehead atoms. The van der Waals surface area contributed by atoms with Crippen molar-refractivity contribution < 1.29 is 19.4 Å². The topological polar surface area (TPSA) is 66.8 Å². The highest BCUT2D eigenvalue weighted by Crippen LogP contribution is 2.44. The quantitative estimate of drug-likeness (QED) is 0.400. The number of benzene rings is 2. The smallest absolute Gasteiger partial charge is 0.295 e. The van der Waals surface area contributed by atoms with Crippen LogP contribution < -0.4 is 4.74 Å². The van der Waals surface area contributed by atoms with Gasteiger partial charge in [-0.25, -0.2) is 0 Å². The van der Waals surface area contributed by atoms with Crippen LogP contribution in [-0.2, 0) is 9.59 Å². The minimum atomic E-state index is -0.607. The molecule has 1 saturated heterocycles. The number of rotatable bonds is 6. The third kappa shape index (κ3) is 3.97. The number of nitrogens with zero attached hydrogens (tertiary/aromatic N) is 1. The number of likely N-dealkylation sites (tertiary alicyclic amines) is 1. The Morgan fingerprint density at radius 2 is 1.74 bits per heavy atom. The summed E-state index contributed by atoms with van der Waals surface area (Å²) in [6, 6.07) is 14.3. The lowest BCUT2D eigenvalue weighted by atomic mass is 9.92. The summed E-state index contributed by atoms with van der Waals surface area (Å²) in [5, 5.41) is 11.2. The molecule has 0 spiro atoms. The number of ether oxygens (including phenoxy) is 1. The number of carbonyl (C=O) groups excluding carboxylic acids is 2. The number of aryl methyl sites for hydroxylation is 1. The molecule has 2 aliphatic rings. The van der Waals surface area contributed by atoms with E-state index in [1.807, 2.05) is 38.1 Å². The Kier molecular flexibility index (Phi) is 6.12. The maximum Gasteiger partial charge on any atom is 0.295 e. The van der Waals surface area contributed by atoms with Crippen molar-refractivity contribution in [1.82, 2.24) is 4.90 Å². The highest BCUT2D eigenvalue weighted by Gasteiger charge is 2.49. The fourth-order valence-corrected chi connectivity index (χ4v) is 4.69. The van der Waals surface area contributed by atoms with Crippen molar-refractivity contribution in [2.45, 2.75) is 58.0 Å². The summed E-state index contributed by atoms with van der Waals surface area (Å²) in [6.07, 6.45) is 4.78. The van der Waals surface area contributed by atoms with Crippen molar-refractivity contribution in [3.05, 3.63) is 70.8 Å². The van der Waals surface area contributed by atoms with Crippen molar-refractivity contribution >= 4 is 17.4 Å². The molecular formula is C26H29NO4. The fourth-order valence-electron chi connectivity index (χ4n) is 4.69. The van der Waals surface area contributed by atoms with Gasteiger partial charge in [0.15, 0.2) is 0 Å². The first-order valence-electron chi connectivity index (χ1n) is 11.1. The summed E-state index contributed by atoms with van der Waals surface area (Å²) in [5.74, 6) is -0.539. The van der Waals surface area contributed by atoms with E-state index < -0.39 is 17.7 Å². The van der Waals surface area contributed by atoms with Crippen molar-refractivity contribution in [2.24, 2.45) is 0 Å². The minimum absolute atomic E-state index is 0.0242. The largest absolute Gasteiger partial charge is 0.507 e. The van der Waals surface area contributed by atoms with Gasteiger partial charge in [-0.05, 0) is 61.6 Å². The van der Waals surface area contributed by atoms with Crippen molar-refractivity contribution in [1.29, 1.82) is 0 Å². The van der Waals surface area contributed by atoms with Crippen LogP contribution in [0, 0.1) is 6.92 Å². The molecule has 0 radical (unpaired) electrons. The highest BCUT2D eigenvalue weighted by molar-refractivity contribution is 6.46. The highest BCUT2D eigenvalue weighted by atomic mass is 16.5. The van der Waals surface area contributed by atoms with Gasteiger partial charge in [-0.15, -0.1) is 0 Å². The van der Waals surface area contributed by atoms with E-state index >= 15 is 0 Å². The molecule has 4 rings (SSSR count). The number of carbonyl (C=O) groups is 2. The van der Waals surface area contributed by atoms with Crippen LogP contribution in [0.4, 0.5) is 0 Å². The van der Waals surface area contributed by atoms with Crippen molar-refractivity contribution in [3.63, 3.8) is 0 Å². The van der Waals surface area contributed by atoms with Crippen molar-refractivity contribution in [2.75, 3.05) is 6.61 Å². The molecular weight excluding hydrogens is 390 g/mol. The first kappa shape index (κ1) is 21.2. The van der Waals surface area contributed by atoms with E-state index in [0.29, 0.717) is 17.9 Å². The van der Waals surface area contributed by atoms with Gasteiger partial charge in [0.2, 0.25) is 0 Å². The predicted molar refractivity (Wildman–Crippen MR) is 120 cm³/mol. The third-order valence-electron chi connectivity index (χ3n) is 6.28. The molecule has 0 aromatic heterocycles. The number of ketones is 1. The third-order valence-corrected chi connectivity index (χ3v) is 6.28. The zero-order chi connectivity index (χ0) is 22.0. The van der Waals surface area contributed by atoms with Gasteiger partial charge in [0.05, 0.1) is 18.2 Å². The van der Waals surface area contributed by atoms with Gasteiger partial charge in [-0.3, -0.25) is 9.59 Å². The number of amides is 1. The molecule has 1 saturated carbocycles. The average Bonchev–Trinajstić information content (AvgIpc) is 3.39. The molecule has 1 aliphatic carbocycles. The molecule has 1 amide bonds. The van der Waals surface area contributed by atoms with Gasteiger partial charge in [-0.2, -0.15) is 0 Å². The normalized spacial score (nSPS) is 21.1. The van der Waals surface area contributed by atoms with Crippen LogP contribution in [0.15, 0.2) is 54.1 Å². The monoisotopic (exact) mass is 419 g/mol. The lowest BCUT2D eigenvalue weighted by Gasteiger charge is -2.31. The second-order valence-electron chi connectivity index (χ2n) is 8.37. The van der Waals surface area contributed by atoms with Gasteiger partial charge < -0.3 is 14.7 Å². The van der Waals surface area contributed by atoms with Crippen LogP contribution >= 0.6 is 0 Å². The van der Waals surface area contributed by atoms with E-state index in [-0.39, 0.29) is 17.4 Å². The SMILES string of the molecule is CCCOc1ccc(/C(O)=C2/C(=O)C(=O)N(C3CCCC3)C2c2ccccc2C)cc1. The first-order chi connectivity index (χ1) is 15.0. The second kappa shape index (κ2) is 8.96. The maximum atomic E-state index is 13.2. The fraction of sp³-hybridized carbons (Fsp3) is 0.385. The molecule has 2 aromatic rings. The molecule has 1 atom stereocenters. The molecule has 31 heavy (non-hydrogen) atoms. The lowest BCUT2D eigenvalue weighted by molar-refractivity contribution is -0.141. The zero-order valence-corrected chi connectivity index (χ0v) is 18.1. The molecule has 1 unspecified atom stereocenters. The van der Waals surface area contributed by atoms with Gasteiger partial charge in [0.25, 0.3) is 11.7 Å². The van der Waals surface area contributed by atoms with Gasteiger partial charge >= 0.3 is 0 Å². The number of Topliss-reactive ketones (excluding diaryl/α,β-unsaturated/α-hetero) is 1. The van der Waals surface area contributed by atoms with Crippen LogP contribution in [-0.4, -0.2) is 34.3 Å². The maximum absolute atomic E-state index is 13.2. The van der Waals surface area contributed by atoms with E-state index in [1.54, 1.807) is 29.2 Å². The minimum Gasteiger partial charge on any atom is -0.507 e. The lowest BCUT2D eigenvalue weighted by Crippen LogP contribution is -2.37. The Hall–Kier alpha value is -3.08. The standard InChI is InChI=1S/C26H29NO4/c1-3-16-31-20-14-12-18(13-15-20)24(28)22-23(21-11-7-4-8-17(21)2)27(26(30)25(22)29)19-9-5-6-10-19/h4,7-8,11-15,19,23,28H,3,5-6,9-10,16H2,1-2H3/b24-22-. The summed E-state index contributed by atoms with van der Waals surface area (Å²) in [7, 11) is 0. The van der Waals surface area contributed by atoms with Gasteiger partial charge in [-0.1, -0.05) is 44.0 Å². The second-order valence-corrected chi connectivity index (χ2v) is 8.37. The Morgan fingerprint density at radius 3 is 2.39 bits per heavy atom. The molecule has 1 heterocycles. The van der Waals surface area contributed by atoms with E-state index in [0.717, 1.165) is 43.2 Å². The van der Waals surface area contributed by atoms with Gasteiger partial charge in [0.1, 0.15) is 11.5 Å². The summed E-state index contributed by atoms with van der Waals surface area (Å²) < 4.78 is 5.62. The van der Waals surface area contributed by atoms with Crippen molar-refractivity contribution in [3.8, 4) is 5.75 Å². The van der Waals surface area contributed by atoms with E-state index in [2.05, 4.69) is 0 Å². The van der Waals surface area contributed by atoms with Crippen LogP contribution in [0.25, 0.3) is 5.76 Å². The van der Waals surface area contributed by atoms with Crippen LogP contribution in [0.3, 0.4) is 0 Å². The first-order valence-corrected chi connectivity index (χ1v) is 11.1. The molecule has 1 N–H and O–H groups in total. The molecule has 2 aromatic carbocycles.